The second kappa shape index (κ2) is 8.39. The first kappa shape index (κ1) is 20.3. The van der Waals surface area contributed by atoms with Gasteiger partial charge in [0.1, 0.15) is 16.9 Å². The van der Waals surface area contributed by atoms with Crippen molar-refractivity contribution in [3.05, 3.63) is 90.0 Å². The second-order valence-corrected chi connectivity index (χ2v) is 7.85. The third-order valence-corrected chi connectivity index (χ3v) is 6.32. The molecule has 0 aliphatic carbocycles. The summed E-state index contributed by atoms with van der Waals surface area (Å²) in [7, 11) is 0. The largest absolute Gasteiger partial charge is 0.494 e. The Morgan fingerprint density at radius 1 is 0.900 bits per heavy atom. The van der Waals surface area contributed by atoms with Crippen molar-refractivity contribution in [2.45, 2.75) is 45.4 Å². The third kappa shape index (κ3) is 3.31. The summed E-state index contributed by atoms with van der Waals surface area (Å²) >= 11 is 0. The van der Waals surface area contributed by atoms with Crippen LogP contribution in [-0.4, -0.2) is 6.61 Å². The van der Waals surface area contributed by atoms with Crippen LogP contribution < -0.4 is 4.74 Å². The average Bonchev–Trinajstić information content (AvgIpc) is 3.16. The quantitative estimate of drug-likeness (QED) is 0.282. The Morgan fingerprint density at radius 2 is 1.63 bits per heavy atom. The molecule has 3 aromatic carbocycles. The van der Waals surface area contributed by atoms with Gasteiger partial charge in [-0.3, -0.25) is 0 Å². The van der Waals surface area contributed by atoms with E-state index >= 15 is 0 Å². The van der Waals surface area contributed by atoms with E-state index in [2.05, 4.69) is 69.0 Å². The standard InChI is InChI=1S/C28H30O2/c1-5-17-28(7-3,21-13-15-25(29-8-4)20(6-2)18-21)22-14-16-27-24(19-22)23-11-9-10-12-26(23)30-27/h5,9-16,18-19H,1,6-8,17H2,2-4H3. The third-order valence-electron chi connectivity index (χ3n) is 6.32. The van der Waals surface area contributed by atoms with Crippen LogP contribution in [0.15, 0.2) is 77.7 Å². The van der Waals surface area contributed by atoms with Gasteiger partial charge in [0.05, 0.1) is 6.61 Å². The summed E-state index contributed by atoms with van der Waals surface area (Å²) in [6, 6.07) is 21.6. The van der Waals surface area contributed by atoms with Crippen molar-refractivity contribution in [3.63, 3.8) is 0 Å². The van der Waals surface area contributed by atoms with E-state index in [9.17, 15) is 0 Å². The predicted molar refractivity (Wildman–Crippen MR) is 127 cm³/mol. The maximum Gasteiger partial charge on any atom is 0.135 e. The number of para-hydroxylation sites is 1. The summed E-state index contributed by atoms with van der Waals surface area (Å²) in [5.41, 5.74) is 5.61. The minimum Gasteiger partial charge on any atom is -0.494 e. The Bertz CT molecular complexity index is 1180. The van der Waals surface area contributed by atoms with E-state index in [1.807, 2.05) is 25.1 Å². The number of ether oxygens (including phenoxy) is 1. The van der Waals surface area contributed by atoms with E-state index in [4.69, 9.17) is 9.15 Å². The first-order valence-corrected chi connectivity index (χ1v) is 11.0. The molecule has 1 unspecified atom stereocenters. The van der Waals surface area contributed by atoms with Gasteiger partial charge in [0.15, 0.2) is 0 Å². The zero-order chi connectivity index (χ0) is 21.1. The van der Waals surface area contributed by atoms with Crippen LogP contribution in [0.5, 0.6) is 5.75 Å². The topological polar surface area (TPSA) is 22.4 Å². The smallest absolute Gasteiger partial charge is 0.135 e. The number of hydrogen-bond donors (Lipinski definition) is 0. The van der Waals surface area contributed by atoms with E-state index < -0.39 is 0 Å². The lowest BCUT2D eigenvalue weighted by atomic mass is 9.69. The SMILES string of the molecule is C=CCC(CC)(c1ccc(OCC)c(CC)c1)c1ccc2oc3ccccc3c2c1. The fourth-order valence-corrected chi connectivity index (χ4v) is 4.67. The van der Waals surface area contributed by atoms with Crippen molar-refractivity contribution < 1.29 is 9.15 Å². The van der Waals surface area contributed by atoms with Crippen molar-refractivity contribution in [1.29, 1.82) is 0 Å². The van der Waals surface area contributed by atoms with Crippen molar-refractivity contribution in [3.8, 4) is 5.75 Å². The van der Waals surface area contributed by atoms with Crippen LogP contribution in [-0.2, 0) is 11.8 Å². The van der Waals surface area contributed by atoms with Gasteiger partial charge in [-0.2, -0.15) is 0 Å². The number of fused-ring (bicyclic) bond motifs is 3. The molecule has 0 aliphatic heterocycles. The highest BCUT2D eigenvalue weighted by Crippen LogP contribution is 2.43. The van der Waals surface area contributed by atoms with Crippen LogP contribution >= 0.6 is 0 Å². The van der Waals surface area contributed by atoms with Gasteiger partial charge in [0, 0.05) is 16.2 Å². The van der Waals surface area contributed by atoms with E-state index in [1.54, 1.807) is 0 Å². The van der Waals surface area contributed by atoms with Gasteiger partial charge in [-0.25, -0.2) is 0 Å². The molecule has 0 aliphatic rings. The molecule has 0 fully saturated rings. The molecule has 0 saturated carbocycles. The molecule has 0 radical (unpaired) electrons. The summed E-state index contributed by atoms with van der Waals surface area (Å²) < 4.78 is 11.9. The molecule has 2 heteroatoms. The van der Waals surface area contributed by atoms with Gasteiger partial charge < -0.3 is 9.15 Å². The Morgan fingerprint density at radius 3 is 2.37 bits per heavy atom. The monoisotopic (exact) mass is 398 g/mol. The van der Waals surface area contributed by atoms with Gasteiger partial charge in [0.2, 0.25) is 0 Å². The molecule has 0 spiro atoms. The molecule has 1 heterocycles. The first-order chi connectivity index (χ1) is 14.7. The summed E-state index contributed by atoms with van der Waals surface area (Å²) in [5, 5.41) is 2.34. The van der Waals surface area contributed by atoms with E-state index in [0.717, 1.165) is 36.2 Å². The molecular weight excluding hydrogens is 368 g/mol. The highest BCUT2D eigenvalue weighted by molar-refractivity contribution is 6.05. The van der Waals surface area contributed by atoms with Crippen LogP contribution in [0.4, 0.5) is 0 Å². The first-order valence-electron chi connectivity index (χ1n) is 11.0. The normalized spacial score (nSPS) is 13.4. The molecule has 30 heavy (non-hydrogen) atoms. The van der Waals surface area contributed by atoms with Crippen molar-refractivity contribution >= 4 is 21.9 Å². The molecule has 4 aromatic rings. The van der Waals surface area contributed by atoms with Crippen LogP contribution in [0.25, 0.3) is 21.9 Å². The fraction of sp³-hybridized carbons (Fsp3) is 0.286. The highest BCUT2D eigenvalue weighted by atomic mass is 16.5. The Hall–Kier alpha value is -3.00. The average molecular weight is 399 g/mol. The highest BCUT2D eigenvalue weighted by Gasteiger charge is 2.32. The van der Waals surface area contributed by atoms with Crippen LogP contribution in [0.1, 0.15) is 50.3 Å². The number of benzene rings is 3. The van der Waals surface area contributed by atoms with Gasteiger partial charge in [-0.15, -0.1) is 6.58 Å². The predicted octanol–water partition coefficient (Wildman–Crippen LogP) is 7.82. The molecule has 2 nitrogen and oxygen atoms in total. The maximum absolute atomic E-state index is 6.06. The minimum absolute atomic E-state index is 0.136. The van der Waals surface area contributed by atoms with Gasteiger partial charge >= 0.3 is 0 Å². The number of furan rings is 1. The summed E-state index contributed by atoms with van der Waals surface area (Å²) in [6.07, 6.45) is 4.85. The summed E-state index contributed by atoms with van der Waals surface area (Å²) in [4.78, 5) is 0. The maximum atomic E-state index is 6.06. The van der Waals surface area contributed by atoms with Crippen LogP contribution in [0.3, 0.4) is 0 Å². The van der Waals surface area contributed by atoms with Crippen molar-refractivity contribution in [1.82, 2.24) is 0 Å². The van der Waals surface area contributed by atoms with Gasteiger partial charge in [-0.1, -0.05) is 56.3 Å². The minimum atomic E-state index is -0.136. The van der Waals surface area contributed by atoms with E-state index in [-0.39, 0.29) is 5.41 Å². The molecule has 0 N–H and O–H groups in total. The molecule has 1 aromatic heterocycles. The molecular formula is C28H30O2. The molecule has 154 valence electrons. The van der Waals surface area contributed by atoms with E-state index in [1.165, 1.54) is 27.5 Å². The number of hydrogen-bond acceptors (Lipinski definition) is 2. The van der Waals surface area contributed by atoms with Crippen molar-refractivity contribution in [2.24, 2.45) is 0 Å². The molecule has 0 bridgehead atoms. The number of allylic oxidation sites excluding steroid dienone is 1. The fourth-order valence-electron chi connectivity index (χ4n) is 4.67. The lowest BCUT2D eigenvalue weighted by Crippen LogP contribution is -2.26. The molecule has 0 amide bonds. The lowest BCUT2D eigenvalue weighted by molar-refractivity contribution is 0.336. The Labute approximate surface area is 179 Å². The van der Waals surface area contributed by atoms with Gasteiger partial charge in [0.25, 0.3) is 0 Å². The van der Waals surface area contributed by atoms with E-state index in [0.29, 0.717) is 6.61 Å². The summed E-state index contributed by atoms with van der Waals surface area (Å²) in [6.45, 7) is 11.3. The summed E-state index contributed by atoms with van der Waals surface area (Å²) in [5.74, 6) is 0.989. The Kier molecular flexibility index (Phi) is 5.67. The van der Waals surface area contributed by atoms with Crippen LogP contribution in [0.2, 0.25) is 0 Å². The number of aryl methyl sites for hydroxylation is 1. The zero-order valence-corrected chi connectivity index (χ0v) is 18.2. The molecule has 1 atom stereocenters. The van der Waals surface area contributed by atoms with Crippen LogP contribution in [0, 0.1) is 0 Å². The van der Waals surface area contributed by atoms with Crippen molar-refractivity contribution in [2.75, 3.05) is 6.61 Å². The molecule has 0 saturated heterocycles. The number of rotatable bonds is 8. The second-order valence-electron chi connectivity index (χ2n) is 7.85. The molecule has 4 rings (SSSR count). The van der Waals surface area contributed by atoms with Gasteiger partial charge in [-0.05, 0) is 67.1 Å². The lowest BCUT2D eigenvalue weighted by Gasteiger charge is -2.34. The Balaban J connectivity index is 1.92. The zero-order valence-electron chi connectivity index (χ0n) is 18.2.